The third kappa shape index (κ3) is 46.6. The molecule has 0 bridgehead atoms. The molecule has 0 saturated carbocycles. The lowest BCUT2D eigenvalue weighted by Crippen LogP contribution is -2.45. The minimum absolute atomic E-state index is 0.0169. The molecule has 0 aromatic rings. The summed E-state index contributed by atoms with van der Waals surface area (Å²) in [5.74, 6) is -0.231. The van der Waals surface area contributed by atoms with E-state index in [9.17, 15) is 19.4 Å². The smallest absolute Gasteiger partial charge is 0.268 e. The SMILES string of the molecule is CC/C=C\C/C=C\C/C=C\C/C=C\C/C=C\C/C=C\C/C=C\C/C=C\C/C=C\CCCCCCCCCC(=O)NC(COP(=O)([O-])OCC[N+](C)(C)C)C(O)/C=C/CC/C=C/CCC. The van der Waals surface area contributed by atoms with Gasteiger partial charge in [-0.2, -0.15) is 0 Å². The molecule has 0 aliphatic carbocycles. The molecule has 64 heavy (non-hydrogen) atoms. The Morgan fingerprint density at radius 3 is 1.44 bits per heavy atom. The van der Waals surface area contributed by atoms with E-state index in [1.807, 2.05) is 27.2 Å². The number of aliphatic hydroxyl groups is 1. The summed E-state index contributed by atoms with van der Waals surface area (Å²) in [4.78, 5) is 25.2. The maximum Gasteiger partial charge on any atom is 0.268 e. The third-order valence-corrected chi connectivity index (χ3v) is 10.8. The number of aliphatic hydroxyl groups excluding tert-OH is 1. The second-order valence-corrected chi connectivity index (χ2v) is 18.5. The van der Waals surface area contributed by atoms with Gasteiger partial charge in [0, 0.05) is 6.42 Å². The van der Waals surface area contributed by atoms with Gasteiger partial charge in [-0.1, -0.05) is 186 Å². The zero-order valence-corrected chi connectivity index (χ0v) is 41.8. The van der Waals surface area contributed by atoms with Gasteiger partial charge < -0.3 is 28.8 Å². The Kier molecular flexibility index (Phi) is 42.5. The monoisotopic (exact) mass is 907 g/mol. The molecule has 0 aromatic carbocycles. The lowest BCUT2D eigenvalue weighted by Gasteiger charge is -2.29. The number of unbranched alkanes of at least 4 members (excludes halogenated alkanes) is 9. The fraction of sp³-hybridized carbons (Fsp3) is 0.582. The van der Waals surface area contributed by atoms with Crippen LogP contribution in [0.15, 0.2) is 134 Å². The number of allylic oxidation sites excluding steroid dienone is 21. The second-order valence-electron chi connectivity index (χ2n) is 17.1. The molecule has 0 radical (unpaired) electrons. The van der Waals surface area contributed by atoms with E-state index in [1.54, 1.807) is 6.08 Å². The Balaban J connectivity index is 4.11. The molecular formula is C55H91N2O6P. The molecule has 0 saturated heterocycles. The lowest BCUT2D eigenvalue weighted by atomic mass is 10.1. The number of hydrogen-bond donors (Lipinski definition) is 2. The van der Waals surface area contributed by atoms with Crippen molar-refractivity contribution in [2.24, 2.45) is 0 Å². The standard InChI is InChI=1S/C55H91N2O6P/c1-6-8-10-12-14-15-16-17-18-19-20-21-22-23-24-25-26-27-28-29-30-31-32-33-34-35-36-37-38-39-40-41-43-45-47-49-55(59)56-53(54(58)48-46-44-42-13-11-9-7-2)52-63-64(60,61)62-51-50-57(3,4)5/h8,10-11,13-15,17-18,20-21,23-24,26-27,29-30,32-33,35-36,46,48,53-54,58H,6-7,9,12,16,19,22,25,28,31,34,37-45,47,49-52H2,1-5H3,(H-,56,59,60,61)/b10-8-,13-11+,15-14-,18-17-,21-20-,24-23-,27-26-,30-29-,33-32-,36-35-,48-46+. The maximum absolute atomic E-state index is 12.8. The molecule has 1 amide bonds. The number of phosphoric acid groups is 1. The molecule has 9 heteroatoms. The first-order chi connectivity index (χ1) is 31.0. The van der Waals surface area contributed by atoms with Crippen LogP contribution >= 0.6 is 7.82 Å². The summed E-state index contributed by atoms with van der Waals surface area (Å²) in [6, 6.07) is -0.916. The lowest BCUT2D eigenvalue weighted by molar-refractivity contribution is -0.870. The highest BCUT2D eigenvalue weighted by molar-refractivity contribution is 7.45. The molecule has 0 spiro atoms. The largest absolute Gasteiger partial charge is 0.756 e. The number of phosphoric ester groups is 1. The van der Waals surface area contributed by atoms with Crippen LogP contribution in [-0.4, -0.2) is 68.5 Å². The Morgan fingerprint density at radius 1 is 0.562 bits per heavy atom. The van der Waals surface area contributed by atoms with Gasteiger partial charge in [0.25, 0.3) is 7.82 Å². The Bertz CT molecular complexity index is 1490. The molecule has 0 rings (SSSR count). The predicted octanol–water partition coefficient (Wildman–Crippen LogP) is 13.8. The number of likely N-dealkylation sites (N-methyl/N-ethyl adjacent to an activating group) is 1. The van der Waals surface area contributed by atoms with Gasteiger partial charge in [0.05, 0.1) is 39.9 Å². The Morgan fingerprint density at radius 2 is 0.969 bits per heavy atom. The van der Waals surface area contributed by atoms with E-state index in [-0.39, 0.29) is 12.5 Å². The normalized spacial score (nSPS) is 15.3. The molecule has 3 unspecified atom stereocenters. The van der Waals surface area contributed by atoms with E-state index in [0.29, 0.717) is 17.4 Å². The fourth-order valence-corrected chi connectivity index (χ4v) is 6.71. The average Bonchev–Trinajstić information content (AvgIpc) is 3.25. The molecule has 0 aliphatic rings. The highest BCUT2D eigenvalue weighted by Crippen LogP contribution is 2.38. The number of carbonyl (C=O) groups excluding carboxylic acids is 1. The van der Waals surface area contributed by atoms with Gasteiger partial charge in [-0.3, -0.25) is 9.36 Å². The van der Waals surface area contributed by atoms with Gasteiger partial charge in [-0.25, -0.2) is 0 Å². The van der Waals surface area contributed by atoms with Crippen molar-refractivity contribution in [3.05, 3.63) is 134 Å². The number of nitrogens with zero attached hydrogens (tertiary/aromatic N) is 1. The fourth-order valence-electron chi connectivity index (χ4n) is 5.99. The summed E-state index contributed by atoms with van der Waals surface area (Å²) in [5, 5.41) is 13.6. The molecular weight excluding hydrogens is 816 g/mol. The van der Waals surface area contributed by atoms with Crippen LogP contribution in [0.5, 0.6) is 0 Å². The molecule has 0 aliphatic heterocycles. The van der Waals surface area contributed by atoms with E-state index in [0.717, 1.165) is 116 Å². The first kappa shape index (κ1) is 60.6. The van der Waals surface area contributed by atoms with Crippen LogP contribution in [0.4, 0.5) is 0 Å². The highest BCUT2D eigenvalue weighted by Gasteiger charge is 2.23. The summed E-state index contributed by atoms with van der Waals surface area (Å²) in [7, 11) is 1.21. The summed E-state index contributed by atoms with van der Waals surface area (Å²) in [6.07, 6.45) is 68.4. The van der Waals surface area contributed by atoms with Gasteiger partial charge in [-0.05, 0) is 96.3 Å². The average molecular weight is 907 g/mol. The number of quaternary nitrogens is 1. The Labute approximate surface area is 392 Å². The van der Waals surface area contributed by atoms with Crippen LogP contribution < -0.4 is 10.2 Å². The Hall–Kier alpha value is -3.36. The molecule has 2 N–H and O–H groups in total. The summed E-state index contributed by atoms with van der Waals surface area (Å²) >= 11 is 0. The molecule has 8 nitrogen and oxygen atoms in total. The maximum atomic E-state index is 12.8. The van der Waals surface area contributed by atoms with Crippen molar-refractivity contribution in [2.75, 3.05) is 40.9 Å². The van der Waals surface area contributed by atoms with Gasteiger partial charge in [0.2, 0.25) is 5.91 Å². The van der Waals surface area contributed by atoms with Crippen LogP contribution in [-0.2, 0) is 18.4 Å². The summed E-state index contributed by atoms with van der Waals surface area (Å²) in [5.41, 5.74) is 0. The van der Waals surface area contributed by atoms with Crippen molar-refractivity contribution in [3.8, 4) is 0 Å². The quantitative estimate of drug-likeness (QED) is 0.0273. The number of hydrogen-bond acceptors (Lipinski definition) is 6. The van der Waals surface area contributed by atoms with E-state index < -0.39 is 26.6 Å². The van der Waals surface area contributed by atoms with Crippen molar-refractivity contribution in [1.82, 2.24) is 5.32 Å². The minimum Gasteiger partial charge on any atom is -0.756 e. The number of nitrogens with one attached hydrogen (secondary N) is 1. The van der Waals surface area contributed by atoms with E-state index in [4.69, 9.17) is 9.05 Å². The van der Waals surface area contributed by atoms with Gasteiger partial charge in [-0.15, -0.1) is 0 Å². The molecule has 0 aromatic heterocycles. The summed E-state index contributed by atoms with van der Waals surface area (Å²) in [6.45, 7) is 4.35. The van der Waals surface area contributed by atoms with Gasteiger partial charge in [0.15, 0.2) is 0 Å². The first-order valence-corrected chi connectivity index (χ1v) is 26.0. The molecule has 362 valence electrons. The van der Waals surface area contributed by atoms with Crippen molar-refractivity contribution in [3.63, 3.8) is 0 Å². The zero-order chi connectivity index (χ0) is 47.1. The van der Waals surface area contributed by atoms with E-state index in [2.05, 4.69) is 141 Å². The van der Waals surface area contributed by atoms with Crippen LogP contribution in [0.25, 0.3) is 0 Å². The van der Waals surface area contributed by atoms with Crippen LogP contribution in [0.1, 0.15) is 155 Å². The van der Waals surface area contributed by atoms with Gasteiger partial charge >= 0.3 is 0 Å². The number of amides is 1. The van der Waals surface area contributed by atoms with Crippen molar-refractivity contribution in [2.45, 2.75) is 167 Å². The summed E-state index contributed by atoms with van der Waals surface area (Å²) < 4.78 is 23.1. The van der Waals surface area contributed by atoms with Crippen molar-refractivity contribution >= 4 is 13.7 Å². The third-order valence-electron chi connectivity index (χ3n) is 9.83. The van der Waals surface area contributed by atoms with Crippen LogP contribution in [0.2, 0.25) is 0 Å². The highest BCUT2D eigenvalue weighted by atomic mass is 31.2. The molecule has 0 fully saturated rings. The van der Waals surface area contributed by atoms with Crippen LogP contribution in [0, 0.1) is 0 Å². The predicted molar refractivity (Wildman–Crippen MR) is 274 cm³/mol. The zero-order valence-electron chi connectivity index (χ0n) is 40.9. The topological polar surface area (TPSA) is 108 Å². The molecule has 0 heterocycles. The second kappa shape index (κ2) is 44.8. The van der Waals surface area contributed by atoms with E-state index in [1.165, 1.54) is 19.3 Å². The first-order valence-electron chi connectivity index (χ1n) is 24.5. The van der Waals surface area contributed by atoms with Crippen molar-refractivity contribution in [1.29, 1.82) is 0 Å². The minimum atomic E-state index is -4.60. The van der Waals surface area contributed by atoms with E-state index >= 15 is 0 Å². The van der Waals surface area contributed by atoms with Crippen LogP contribution in [0.3, 0.4) is 0 Å². The van der Waals surface area contributed by atoms with Gasteiger partial charge in [0.1, 0.15) is 13.2 Å². The number of carbonyl (C=O) groups is 1. The molecule has 3 atom stereocenters. The van der Waals surface area contributed by atoms with Crippen molar-refractivity contribution < 1.29 is 32.9 Å². The number of rotatable bonds is 42.